The average molecular weight is 239 g/mol. The summed E-state index contributed by atoms with van der Waals surface area (Å²) in [5, 5.41) is 2.64. The van der Waals surface area contributed by atoms with Crippen molar-refractivity contribution < 1.29 is 13.9 Å². The van der Waals surface area contributed by atoms with E-state index in [9.17, 15) is 9.18 Å². The average Bonchev–Trinajstić information content (AvgIpc) is 2.59. The molecule has 84 valence electrons. The van der Waals surface area contributed by atoms with Crippen LogP contribution in [0.2, 0.25) is 0 Å². The SMILES string of the molecule is COc1cc2c(CC(N)=O)csc2cc1F. The highest BCUT2D eigenvalue weighted by atomic mass is 32.1. The minimum atomic E-state index is -0.400. The first kappa shape index (κ1) is 10.9. The van der Waals surface area contributed by atoms with E-state index in [2.05, 4.69) is 0 Å². The number of benzene rings is 1. The van der Waals surface area contributed by atoms with Gasteiger partial charge in [0.05, 0.1) is 13.5 Å². The van der Waals surface area contributed by atoms with Crippen molar-refractivity contribution in [2.45, 2.75) is 6.42 Å². The third-order valence-corrected chi connectivity index (χ3v) is 3.29. The lowest BCUT2D eigenvalue weighted by atomic mass is 10.1. The van der Waals surface area contributed by atoms with Gasteiger partial charge in [-0.05, 0) is 23.1 Å². The predicted octanol–water partition coefficient (Wildman–Crippen LogP) is 2.08. The molecule has 5 heteroatoms. The second kappa shape index (κ2) is 4.09. The van der Waals surface area contributed by atoms with Gasteiger partial charge in [0.25, 0.3) is 0 Å². The van der Waals surface area contributed by atoms with Gasteiger partial charge in [0.15, 0.2) is 11.6 Å². The molecule has 0 aliphatic rings. The Balaban J connectivity index is 2.57. The highest BCUT2D eigenvalue weighted by molar-refractivity contribution is 7.17. The van der Waals surface area contributed by atoms with Crippen LogP contribution in [-0.2, 0) is 11.2 Å². The third-order valence-electron chi connectivity index (χ3n) is 2.29. The maximum atomic E-state index is 13.4. The Kier molecular flexibility index (Phi) is 2.78. The zero-order valence-electron chi connectivity index (χ0n) is 8.62. The maximum absolute atomic E-state index is 13.4. The summed E-state index contributed by atoms with van der Waals surface area (Å²) < 4.78 is 19.1. The van der Waals surface area contributed by atoms with E-state index in [4.69, 9.17) is 10.5 Å². The topological polar surface area (TPSA) is 52.3 Å². The molecule has 2 N–H and O–H groups in total. The zero-order chi connectivity index (χ0) is 11.7. The number of hydrogen-bond acceptors (Lipinski definition) is 3. The normalized spacial score (nSPS) is 10.6. The third kappa shape index (κ3) is 1.86. The van der Waals surface area contributed by atoms with Gasteiger partial charge in [-0.25, -0.2) is 4.39 Å². The summed E-state index contributed by atoms with van der Waals surface area (Å²) in [5.74, 6) is -0.623. The number of carbonyl (C=O) groups is 1. The number of hydrogen-bond donors (Lipinski definition) is 1. The number of nitrogens with two attached hydrogens (primary N) is 1. The molecule has 0 saturated carbocycles. The molecule has 0 saturated heterocycles. The zero-order valence-corrected chi connectivity index (χ0v) is 9.44. The minimum absolute atomic E-state index is 0.161. The van der Waals surface area contributed by atoms with Gasteiger partial charge in [-0.3, -0.25) is 4.79 Å². The Morgan fingerprint density at radius 1 is 1.56 bits per heavy atom. The number of ether oxygens (including phenoxy) is 1. The lowest BCUT2D eigenvalue weighted by Crippen LogP contribution is -2.13. The smallest absolute Gasteiger partial charge is 0.221 e. The first-order valence-corrected chi connectivity index (χ1v) is 5.51. The molecule has 1 amide bonds. The van der Waals surface area contributed by atoms with Crippen LogP contribution in [0.15, 0.2) is 17.5 Å². The monoisotopic (exact) mass is 239 g/mol. The highest BCUT2D eigenvalue weighted by Gasteiger charge is 2.11. The molecule has 0 radical (unpaired) electrons. The molecule has 0 unspecified atom stereocenters. The first-order valence-electron chi connectivity index (χ1n) is 4.63. The van der Waals surface area contributed by atoms with E-state index >= 15 is 0 Å². The molecule has 0 bridgehead atoms. The molecule has 2 rings (SSSR count). The Labute approximate surface area is 95.6 Å². The molecular formula is C11H10FNO2S. The molecule has 3 nitrogen and oxygen atoms in total. The van der Waals surface area contributed by atoms with E-state index in [1.165, 1.54) is 24.5 Å². The van der Waals surface area contributed by atoms with Crippen molar-refractivity contribution in [3.63, 3.8) is 0 Å². The van der Waals surface area contributed by atoms with E-state index in [0.29, 0.717) is 0 Å². The van der Waals surface area contributed by atoms with Crippen LogP contribution in [-0.4, -0.2) is 13.0 Å². The van der Waals surface area contributed by atoms with Crippen LogP contribution >= 0.6 is 11.3 Å². The quantitative estimate of drug-likeness (QED) is 0.891. The van der Waals surface area contributed by atoms with E-state index < -0.39 is 11.7 Å². The van der Waals surface area contributed by atoms with Crippen molar-refractivity contribution in [1.82, 2.24) is 0 Å². The summed E-state index contributed by atoms with van der Waals surface area (Å²) in [5.41, 5.74) is 5.95. The molecule has 2 aromatic rings. The molecule has 0 aliphatic heterocycles. The van der Waals surface area contributed by atoms with Gasteiger partial charge in [0.2, 0.25) is 5.91 Å². The largest absolute Gasteiger partial charge is 0.494 e. The lowest BCUT2D eigenvalue weighted by molar-refractivity contribution is -0.117. The molecule has 0 spiro atoms. The van der Waals surface area contributed by atoms with E-state index in [-0.39, 0.29) is 12.2 Å². The van der Waals surface area contributed by atoms with Crippen LogP contribution in [0.25, 0.3) is 10.1 Å². The fourth-order valence-electron chi connectivity index (χ4n) is 1.56. The van der Waals surface area contributed by atoms with Crippen LogP contribution in [0.4, 0.5) is 4.39 Å². The van der Waals surface area contributed by atoms with Gasteiger partial charge >= 0.3 is 0 Å². The summed E-state index contributed by atoms with van der Waals surface area (Å²) >= 11 is 1.39. The van der Waals surface area contributed by atoms with Gasteiger partial charge in [-0.15, -0.1) is 11.3 Å². The Bertz CT molecular complexity index is 550. The van der Waals surface area contributed by atoms with E-state index in [1.54, 1.807) is 6.07 Å². The second-order valence-electron chi connectivity index (χ2n) is 3.39. The summed E-state index contributed by atoms with van der Waals surface area (Å²) in [7, 11) is 1.41. The van der Waals surface area contributed by atoms with Crippen molar-refractivity contribution in [1.29, 1.82) is 0 Å². The van der Waals surface area contributed by atoms with Crippen molar-refractivity contribution in [2.75, 3.05) is 7.11 Å². The number of halogens is 1. The fraction of sp³-hybridized carbons (Fsp3) is 0.182. The second-order valence-corrected chi connectivity index (χ2v) is 4.30. The van der Waals surface area contributed by atoms with Crippen LogP contribution < -0.4 is 10.5 Å². The van der Waals surface area contributed by atoms with Crippen LogP contribution in [0.3, 0.4) is 0 Å². The first-order chi connectivity index (χ1) is 7.61. The van der Waals surface area contributed by atoms with Gasteiger partial charge in [0, 0.05) is 10.1 Å². The van der Waals surface area contributed by atoms with E-state index in [0.717, 1.165) is 15.6 Å². The predicted molar refractivity (Wildman–Crippen MR) is 61.2 cm³/mol. The Morgan fingerprint density at radius 2 is 2.31 bits per heavy atom. The number of amides is 1. The number of rotatable bonds is 3. The highest BCUT2D eigenvalue weighted by Crippen LogP contribution is 2.31. The molecule has 1 aromatic carbocycles. The lowest BCUT2D eigenvalue weighted by Gasteiger charge is -2.02. The summed E-state index contributed by atoms with van der Waals surface area (Å²) in [6, 6.07) is 3.00. The van der Waals surface area contributed by atoms with Crippen molar-refractivity contribution in [2.24, 2.45) is 5.73 Å². The number of carbonyl (C=O) groups excluding carboxylic acids is 1. The maximum Gasteiger partial charge on any atom is 0.221 e. The summed E-state index contributed by atoms with van der Waals surface area (Å²) in [6.45, 7) is 0. The molecule has 0 atom stereocenters. The van der Waals surface area contributed by atoms with Crippen LogP contribution in [0, 0.1) is 5.82 Å². The molecule has 1 heterocycles. The fourth-order valence-corrected chi connectivity index (χ4v) is 2.53. The summed E-state index contributed by atoms with van der Waals surface area (Å²) in [6.07, 6.45) is 0.161. The summed E-state index contributed by atoms with van der Waals surface area (Å²) in [4.78, 5) is 10.9. The van der Waals surface area contributed by atoms with Crippen LogP contribution in [0.5, 0.6) is 5.75 Å². The van der Waals surface area contributed by atoms with E-state index in [1.807, 2.05) is 5.38 Å². The number of thiophene rings is 1. The number of primary amides is 1. The van der Waals surface area contributed by atoms with Crippen LogP contribution in [0.1, 0.15) is 5.56 Å². The minimum Gasteiger partial charge on any atom is -0.494 e. The van der Waals surface area contributed by atoms with Gasteiger partial charge < -0.3 is 10.5 Å². The Morgan fingerprint density at radius 3 is 2.94 bits per heavy atom. The number of fused-ring (bicyclic) bond motifs is 1. The molecule has 1 aromatic heterocycles. The van der Waals surface area contributed by atoms with Crippen molar-refractivity contribution in [3.05, 3.63) is 28.9 Å². The van der Waals surface area contributed by atoms with Crippen molar-refractivity contribution in [3.8, 4) is 5.75 Å². The molecule has 0 fully saturated rings. The van der Waals surface area contributed by atoms with Gasteiger partial charge in [-0.2, -0.15) is 0 Å². The van der Waals surface area contributed by atoms with Gasteiger partial charge in [-0.1, -0.05) is 0 Å². The molecule has 0 aliphatic carbocycles. The molecule has 16 heavy (non-hydrogen) atoms. The number of methoxy groups -OCH3 is 1. The van der Waals surface area contributed by atoms with Crippen molar-refractivity contribution >= 4 is 27.3 Å². The Hall–Kier alpha value is -1.62. The molecular weight excluding hydrogens is 229 g/mol. The standard InChI is InChI=1S/C11H10FNO2S/c1-15-9-3-7-6(2-11(13)14)5-16-10(7)4-8(9)12/h3-5H,2H2,1H3,(H2,13,14). The van der Waals surface area contributed by atoms with Gasteiger partial charge in [0.1, 0.15) is 0 Å².